The Hall–Kier alpha value is -1.38. The van der Waals surface area contributed by atoms with E-state index in [2.05, 4.69) is 38.3 Å². The first-order valence-electron chi connectivity index (χ1n) is 9.71. The Labute approximate surface area is 171 Å². The largest absolute Gasteiger partial charge is 0.444 e. The fourth-order valence-corrected chi connectivity index (χ4v) is 7.82. The number of carbonyl (C=O) groups excluding carboxylic acids is 1. The number of benzene rings is 1. The van der Waals surface area contributed by atoms with Crippen LogP contribution in [0.2, 0.25) is 18.1 Å². The van der Waals surface area contributed by atoms with Crippen LogP contribution in [-0.2, 0) is 14.7 Å². The van der Waals surface area contributed by atoms with Crippen molar-refractivity contribution in [3.05, 3.63) is 29.8 Å². The minimum Gasteiger partial charge on any atom is -0.444 e. The Bertz CT molecular complexity index is 822. The second kappa shape index (κ2) is 7.46. The minimum atomic E-state index is -3.08. The molecule has 1 aliphatic heterocycles. The van der Waals surface area contributed by atoms with Crippen LogP contribution in [0.4, 0.5) is 4.79 Å². The number of hydrogen-bond donors (Lipinski definition) is 2. The number of amides is 1. The summed E-state index contributed by atoms with van der Waals surface area (Å²) in [6.07, 6.45) is 0.563. The molecule has 0 aromatic heterocycles. The zero-order valence-electron chi connectivity index (χ0n) is 18.4. The highest BCUT2D eigenvalue weighted by Gasteiger charge is 2.39. The fourth-order valence-electron chi connectivity index (χ4n) is 2.73. The minimum absolute atomic E-state index is 0.0174. The molecule has 1 aromatic rings. The van der Waals surface area contributed by atoms with E-state index in [0.29, 0.717) is 11.4 Å². The van der Waals surface area contributed by atoms with E-state index in [0.717, 1.165) is 12.0 Å². The van der Waals surface area contributed by atoms with Gasteiger partial charge < -0.3 is 9.64 Å². The van der Waals surface area contributed by atoms with E-state index in [1.54, 1.807) is 17.0 Å². The number of likely N-dealkylation sites (tertiary alicyclic amines) is 1. The average molecular weight is 426 g/mol. The van der Waals surface area contributed by atoms with E-state index in [-0.39, 0.29) is 17.2 Å². The topological polar surface area (TPSA) is 82.5 Å². The molecule has 2 atom stereocenters. The maximum absolute atomic E-state index is 13.0. The van der Waals surface area contributed by atoms with Gasteiger partial charge in [-0.05, 0) is 49.9 Å². The van der Waals surface area contributed by atoms with E-state index in [4.69, 9.17) is 9.52 Å². The molecular formula is C20H35N3O3SSi. The smallest absolute Gasteiger partial charge is 0.410 e. The van der Waals surface area contributed by atoms with E-state index in [1.807, 2.05) is 32.9 Å². The fraction of sp³-hybridized carbons (Fsp3) is 0.650. The molecule has 158 valence electrons. The van der Waals surface area contributed by atoms with Crippen LogP contribution < -0.4 is 4.39 Å². The number of ether oxygens (including phenoxy) is 1. The highest BCUT2D eigenvalue weighted by atomic mass is 32.2. The Morgan fingerprint density at radius 1 is 1.18 bits per heavy atom. The van der Waals surface area contributed by atoms with Crippen LogP contribution in [0.1, 0.15) is 59.6 Å². The quantitative estimate of drug-likeness (QED) is 0.643. The lowest BCUT2D eigenvalue weighted by Crippen LogP contribution is -2.54. The molecule has 0 saturated carbocycles. The van der Waals surface area contributed by atoms with Crippen LogP contribution in [-0.4, -0.2) is 35.6 Å². The third kappa shape index (κ3) is 5.15. The van der Waals surface area contributed by atoms with Gasteiger partial charge in [0.05, 0.1) is 10.9 Å². The van der Waals surface area contributed by atoms with Gasteiger partial charge in [-0.3, -0.25) is 0 Å². The van der Waals surface area contributed by atoms with Crippen molar-refractivity contribution in [3.8, 4) is 0 Å². The molecule has 2 N–H and O–H groups in total. The molecule has 1 amide bonds. The Balaban J connectivity index is 2.14. The Morgan fingerprint density at radius 2 is 1.71 bits per heavy atom. The summed E-state index contributed by atoms with van der Waals surface area (Å²) in [4.78, 5) is 14.5. The molecule has 1 heterocycles. The maximum Gasteiger partial charge on any atom is 0.410 e. The third-order valence-electron chi connectivity index (χ3n) is 5.52. The molecule has 6 nitrogen and oxygen atoms in total. The number of rotatable bonds is 4. The zero-order chi connectivity index (χ0) is 21.5. The highest BCUT2D eigenvalue weighted by molar-refractivity contribution is 7.92. The second-order valence-electron chi connectivity index (χ2n) is 10.1. The molecule has 1 aromatic carbocycles. The lowest BCUT2D eigenvalue weighted by atomic mass is 9.95. The first-order chi connectivity index (χ1) is 12.5. The Morgan fingerprint density at radius 3 is 2.11 bits per heavy atom. The standard InChI is InChI=1S/C20H35N3O3SSi/c1-19(2,3)26-18(24)23-14-13-17(23)15-9-11-16(12-10-15)27(21,25)22-28(7,8)20(4,5)6/h9-12,17H,13-14H2,1-8H3,(H2,21,22,25). The van der Waals surface area contributed by atoms with Gasteiger partial charge in [0, 0.05) is 6.54 Å². The summed E-state index contributed by atoms with van der Waals surface area (Å²) in [5, 5.41) is -0.0174. The molecule has 0 spiro atoms. The molecule has 1 saturated heterocycles. The number of nitrogens with zero attached hydrogens (tertiary/aromatic N) is 1. The van der Waals surface area contributed by atoms with Crippen molar-refractivity contribution >= 4 is 24.2 Å². The van der Waals surface area contributed by atoms with Crippen LogP contribution in [0.25, 0.3) is 0 Å². The zero-order valence-corrected chi connectivity index (χ0v) is 20.2. The van der Waals surface area contributed by atoms with Gasteiger partial charge in [0.25, 0.3) is 0 Å². The van der Waals surface area contributed by atoms with Gasteiger partial charge >= 0.3 is 6.09 Å². The van der Waals surface area contributed by atoms with E-state index in [9.17, 15) is 9.00 Å². The summed E-state index contributed by atoms with van der Waals surface area (Å²) in [6.45, 7) is 16.8. The number of nitrogens with one attached hydrogen (secondary N) is 2. The van der Waals surface area contributed by atoms with Crippen molar-refractivity contribution in [2.45, 2.75) is 82.6 Å². The van der Waals surface area contributed by atoms with Crippen molar-refractivity contribution in [3.63, 3.8) is 0 Å². The second-order valence-corrected chi connectivity index (χ2v) is 17.2. The van der Waals surface area contributed by atoms with Crippen molar-refractivity contribution in [2.24, 2.45) is 0 Å². The van der Waals surface area contributed by atoms with Gasteiger partial charge in [-0.2, -0.15) is 0 Å². The maximum atomic E-state index is 13.0. The molecule has 0 aliphatic carbocycles. The van der Waals surface area contributed by atoms with Crippen molar-refractivity contribution < 1.29 is 13.7 Å². The molecule has 2 rings (SSSR count). The van der Waals surface area contributed by atoms with E-state index >= 15 is 0 Å². The summed E-state index contributed by atoms with van der Waals surface area (Å²) in [6, 6.07) is 7.21. The van der Waals surface area contributed by atoms with Crippen LogP contribution >= 0.6 is 0 Å². The van der Waals surface area contributed by atoms with Gasteiger partial charge in [0.15, 0.2) is 0 Å². The molecular weight excluding hydrogens is 390 g/mol. The first kappa shape index (κ1) is 22.9. The monoisotopic (exact) mass is 425 g/mol. The predicted molar refractivity (Wildman–Crippen MR) is 116 cm³/mol. The highest BCUT2D eigenvalue weighted by Crippen LogP contribution is 2.36. The third-order valence-corrected chi connectivity index (χ3v) is 13.4. The summed E-state index contributed by atoms with van der Waals surface area (Å²) >= 11 is 0. The molecule has 0 bridgehead atoms. The molecule has 28 heavy (non-hydrogen) atoms. The van der Waals surface area contributed by atoms with Crippen molar-refractivity contribution in [2.75, 3.05) is 6.54 Å². The van der Waals surface area contributed by atoms with Crippen LogP contribution in [0.15, 0.2) is 29.2 Å². The lowest BCUT2D eigenvalue weighted by Gasteiger charge is -2.41. The Kier molecular flexibility index (Phi) is 6.10. The predicted octanol–water partition coefficient (Wildman–Crippen LogP) is 5.28. The van der Waals surface area contributed by atoms with E-state index < -0.39 is 23.8 Å². The van der Waals surface area contributed by atoms with Gasteiger partial charge in [-0.25, -0.2) is 18.2 Å². The van der Waals surface area contributed by atoms with Gasteiger partial charge in [-0.15, -0.1) is 0 Å². The molecule has 8 heteroatoms. The number of carbonyl (C=O) groups is 1. The summed E-state index contributed by atoms with van der Waals surface area (Å²) in [7, 11) is -5.17. The molecule has 2 unspecified atom stereocenters. The van der Waals surface area contributed by atoms with Gasteiger partial charge in [0.2, 0.25) is 0 Å². The normalized spacial score (nSPS) is 20.3. The molecule has 1 aliphatic rings. The summed E-state index contributed by atoms with van der Waals surface area (Å²) in [5.74, 6) is 0. The van der Waals surface area contributed by atoms with Crippen molar-refractivity contribution in [1.29, 1.82) is 4.78 Å². The van der Waals surface area contributed by atoms with Crippen molar-refractivity contribution in [1.82, 2.24) is 9.29 Å². The van der Waals surface area contributed by atoms with Gasteiger partial charge in [-0.1, -0.05) is 46.0 Å². The lowest BCUT2D eigenvalue weighted by molar-refractivity contribution is -0.00575. The number of hydrogen-bond acceptors (Lipinski definition) is 4. The average Bonchev–Trinajstić information content (AvgIpc) is 2.42. The van der Waals surface area contributed by atoms with Crippen LogP contribution in [0.5, 0.6) is 0 Å². The van der Waals surface area contributed by atoms with Gasteiger partial charge in [0.1, 0.15) is 23.8 Å². The molecule has 1 fully saturated rings. The van der Waals surface area contributed by atoms with Crippen LogP contribution in [0.3, 0.4) is 0 Å². The van der Waals surface area contributed by atoms with E-state index in [1.165, 1.54) is 0 Å². The van der Waals surface area contributed by atoms with Crippen LogP contribution in [0, 0.1) is 4.78 Å². The summed E-state index contributed by atoms with van der Waals surface area (Å²) in [5.41, 5.74) is 0.455. The summed E-state index contributed by atoms with van der Waals surface area (Å²) < 4.78 is 30.1. The first-order valence-corrected chi connectivity index (χ1v) is 14.3. The molecule has 0 radical (unpaired) electrons. The SMILES string of the molecule is CC(C)(C)OC(=O)N1CCC1c1ccc(S(=N)(=O)N[Si](C)(C)C(C)(C)C)cc1.